The normalized spacial score (nSPS) is 12.6. The number of methoxy groups -OCH3 is 1. The summed E-state index contributed by atoms with van der Waals surface area (Å²) in [7, 11) is 3.67. The first-order chi connectivity index (χ1) is 10.2. The van der Waals surface area contributed by atoms with Crippen molar-refractivity contribution in [3.63, 3.8) is 0 Å². The lowest BCUT2D eigenvalue weighted by Crippen LogP contribution is -2.27. The van der Waals surface area contributed by atoms with E-state index in [1.165, 1.54) is 0 Å². The first-order valence-corrected chi connectivity index (χ1v) is 7.52. The molecule has 2 aromatic rings. The fourth-order valence-electron chi connectivity index (χ4n) is 2.61. The summed E-state index contributed by atoms with van der Waals surface area (Å²) < 4.78 is 9.42. The van der Waals surface area contributed by atoms with Crippen LogP contribution < -0.4 is 10.1 Å². The molecular weight excluding hydrogens is 266 g/mol. The molecule has 0 aliphatic carbocycles. The third-order valence-electron chi connectivity index (χ3n) is 3.67. The number of aromatic nitrogens is 4. The molecule has 0 saturated heterocycles. The molecule has 0 aliphatic rings. The number of hydrogen-bond donors (Lipinski definition) is 1. The molecule has 116 valence electrons. The van der Waals surface area contributed by atoms with Crippen LogP contribution in [0.15, 0.2) is 12.3 Å². The molecule has 0 amide bonds. The Balaban J connectivity index is 2.52. The van der Waals surface area contributed by atoms with Gasteiger partial charge in [0, 0.05) is 13.6 Å². The first kappa shape index (κ1) is 15.6. The molecule has 6 nitrogen and oxygen atoms in total. The van der Waals surface area contributed by atoms with E-state index in [2.05, 4.69) is 42.4 Å². The monoisotopic (exact) mass is 291 g/mol. The van der Waals surface area contributed by atoms with Crippen molar-refractivity contribution < 1.29 is 4.74 Å². The molecule has 2 aromatic heterocycles. The maximum atomic E-state index is 5.50. The predicted octanol–water partition coefficient (Wildman–Crippen LogP) is 1.91. The molecule has 0 aliphatic heterocycles. The highest BCUT2D eigenvalue weighted by Crippen LogP contribution is 2.30. The van der Waals surface area contributed by atoms with Crippen LogP contribution in [0.1, 0.15) is 43.9 Å². The highest BCUT2D eigenvalue weighted by molar-refractivity contribution is 5.34. The molecule has 0 aromatic carbocycles. The zero-order chi connectivity index (χ0) is 15.4. The maximum Gasteiger partial charge on any atom is 0.161 e. The molecule has 2 rings (SSSR count). The number of hydrogen-bond acceptors (Lipinski definition) is 4. The topological polar surface area (TPSA) is 56.9 Å². The van der Waals surface area contributed by atoms with Crippen molar-refractivity contribution in [2.24, 2.45) is 7.05 Å². The second-order valence-corrected chi connectivity index (χ2v) is 4.94. The largest absolute Gasteiger partial charge is 0.493 e. The van der Waals surface area contributed by atoms with Gasteiger partial charge in [-0.15, -0.1) is 0 Å². The van der Waals surface area contributed by atoms with Gasteiger partial charge in [0.1, 0.15) is 5.69 Å². The lowest BCUT2D eigenvalue weighted by Gasteiger charge is -2.20. The third-order valence-corrected chi connectivity index (χ3v) is 3.67. The molecule has 0 radical (unpaired) electrons. The number of rotatable bonds is 7. The van der Waals surface area contributed by atoms with Gasteiger partial charge in [0.2, 0.25) is 0 Å². The Labute approximate surface area is 126 Å². The summed E-state index contributed by atoms with van der Waals surface area (Å²) in [5.74, 6) is 0.807. The van der Waals surface area contributed by atoms with Gasteiger partial charge in [-0.1, -0.05) is 13.8 Å². The molecule has 0 bridgehead atoms. The first-order valence-electron chi connectivity index (χ1n) is 7.52. The Hall–Kier alpha value is -1.82. The lowest BCUT2D eigenvalue weighted by molar-refractivity contribution is 0.397. The quantitative estimate of drug-likeness (QED) is 0.846. The minimum atomic E-state index is 0.0187. The fourth-order valence-corrected chi connectivity index (χ4v) is 2.61. The lowest BCUT2D eigenvalue weighted by atomic mass is 10.1. The summed E-state index contributed by atoms with van der Waals surface area (Å²) in [4.78, 5) is 0. The highest BCUT2D eigenvalue weighted by atomic mass is 16.5. The summed E-state index contributed by atoms with van der Waals surface area (Å²) in [6.45, 7) is 7.96. The van der Waals surface area contributed by atoms with Crippen molar-refractivity contribution in [2.45, 2.75) is 39.8 Å². The van der Waals surface area contributed by atoms with Gasteiger partial charge >= 0.3 is 0 Å². The Kier molecular flexibility index (Phi) is 5.01. The molecule has 6 heteroatoms. The van der Waals surface area contributed by atoms with Crippen LogP contribution in [-0.4, -0.2) is 33.2 Å². The van der Waals surface area contributed by atoms with Crippen LogP contribution in [0.5, 0.6) is 5.75 Å². The van der Waals surface area contributed by atoms with Crippen molar-refractivity contribution in [1.29, 1.82) is 0 Å². The van der Waals surface area contributed by atoms with Crippen LogP contribution in [0, 0.1) is 0 Å². The van der Waals surface area contributed by atoms with Gasteiger partial charge in [-0.05, 0) is 26.0 Å². The van der Waals surface area contributed by atoms with Gasteiger partial charge in [0.25, 0.3) is 0 Å². The summed E-state index contributed by atoms with van der Waals surface area (Å²) in [5, 5.41) is 12.5. The summed E-state index contributed by atoms with van der Waals surface area (Å²) >= 11 is 0. The van der Waals surface area contributed by atoms with Crippen LogP contribution in [0.2, 0.25) is 0 Å². The van der Waals surface area contributed by atoms with E-state index in [-0.39, 0.29) is 6.04 Å². The highest BCUT2D eigenvalue weighted by Gasteiger charge is 2.25. The molecule has 1 atom stereocenters. The fraction of sp³-hybridized carbons (Fsp3) is 0.600. The Bertz CT molecular complexity index is 565. The Morgan fingerprint density at radius 3 is 2.62 bits per heavy atom. The zero-order valence-corrected chi connectivity index (χ0v) is 13.6. The minimum Gasteiger partial charge on any atom is -0.493 e. The average molecular weight is 291 g/mol. The molecule has 1 unspecified atom stereocenters. The van der Waals surface area contributed by atoms with E-state index in [9.17, 15) is 0 Å². The molecule has 21 heavy (non-hydrogen) atoms. The van der Waals surface area contributed by atoms with E-state index in [0.717, 1.165) is 42.3 Å². The summed E-state index contributed by atoms with van der Waals surface area (Å²) in [5.41, 5.74) is 3.27. The second-order valence-electron chi connectivity index (χ2n) is 4.94. The third kappa shape index (κ3) is 2.95. The zero-order valence-electron chi connectivity index (χ0n) is 13.6. The van der Waals surface area contributed by atoms with Crippen LogP contribution in [0.25, 0.3) is 0 Å². The van der Waals surface area contributed by atoms with E-state index in [1.54, 1.807) is 13.3 Å². The number of aryl methyl sites for hydroxylation is 3. The standard InChI is InChI=1S/C15H25N5O/c1-6-11-9-12(19(4)18-11)14(16-7-2)15-13(21-5)10-17-20(15)8-3/h9-10,14,16H,6-8H2,1-5H3. The predicted molar refractivity (Wildman–Crippen MR) is 82.6 cm³/mol. The minimum absolute atomic E-state index is 0.0187. The molecule has 0 saturated carbocycles. The van der Waals surface area contributed by atoms with Gasteiger partial charge in [0.05, 0.1) is 30.7 Å². The summed E-state index contributed by atoms with van der Waals surface area (Å²) in [6.07, 6.45) is 2.71. The molecule has 0 fully saturated rings. The van der Waals surface area contributed by atoms with Gasteiger partial charge in [-0.2, -0.15) is 10.2 Å². The maximum absolute atomic E-state index is 5.50. The Morgan fingerprint density at radius 2 is 2.10 bits per heavy atom. The van der Waals surface area contributed by atoms with Crippen molar-refractivity contribution in [2.75, 3.05) is 13.7 Å². The number of ether oxygens (including phenoxy) is 1. The van der Waals surface area contributed by atoms with Crippen LogP contribution in [0.4, 0.5) is 0 Å². The van der Waals surface area contributed by atoms with Crippen molar-refractivity contribution in [3.8, 4) is 5.75 Å². The molecule has 2 heterocycles. The van der Waals surface area contributed by atoms with Crippen LogP contribution in [0.3, 0.4) is 0 Å². The van der Waals surface area contributed by atoms with Crippen LogP contribution in [-0.2, 0) is 20.0 Å². The van der Waals surface area contributed by atoms with Gasteiger partial charge < -0.3 is 10.1 Å². The van der Waals surface area contributed by atoms with E-state index in [4.69, 9.17) is 4.74 Å². The van der Waals surface area contributed by atoms with Gasteiger partial charge in [-0.25, -0.2) is 0 Å². The number of nitrogens with zero attached hydrogens (tertiary/aromatic N) is 4. The summed E-state index contributed by atoms with van der Waals surface area (Å²) in [6, 6.07) is 2.17. The molecular formula is C15H25N5O. The molecule has 1 N–H and O–H groups in total. The number of nitrogens with one attached hydrogen (secondary N) is 1. The van der Waals surface area contributed by atoms with Crippen LogP contribution >= 0.6 is 0 Å². The Morgan fingerprint density at radius 1 is 1.33 bits per heavy atom. The average Bonchev–Trinajstić information content (AvgIpc) is 3.07. The van der Waals surface area contributed by atoms with E-state index < -0.39 is 0 Å². The van der Waals surface area contributed by atoms with Crippen molar-refractivity contribution >= 4 is 0 Å². The molecule has 0 spiro atoms. The van der Waals surface area contributed by atoms with E-state index in [0.29, 0.717) is 0 Å². The SMILES string of the molecule is CCNC(c1cc(CC)nn1C)c1c(OC)cnn1CC. The van der Waals surface area contributed by atoms with E-state index in [1.807, 2.05) is 16.4 Å². The van der Waals surface area contributed by atoms with Crippen molar-refractivity contribution in [3.05, 3.63) is 29.3 Å². The van der Waals surface area contributed by atoms with E-state index >= 15 is 0 Å². The second kappa shape index (κ2) is 6.76. The van der Waals surface area contributed by atoms with Gasteiger partial charge in [-0.3, -0.25) is 9.36 Å². The van der Waals surface area contributed by atoms with Crippen molar-refractivity contribution in [1.82, 2.24) is 24.9 Å². The smallest absolute Gasteiger partial charge is 0.161 e. The van der Waals surface area contributed by atoms with Gasteiger partial charge in [0.15, 0.2) is 5.75 Å².